The van der Waals surface area contributed by atoms with E-state index < -0.39 is 0 Å². The summed E-state index contributed by atoms with van der Waals surface area (Å²) in [5, 5.41) is 7.80. The smallest absolute Gasteiger partial charge is 0.287 e. The van der Waals surface area contributed by atoms with Gasteiger partial charge in [-0.15, -0.1) is 5.10 Å². The molecule has 0 fully saturated rings. The molecule has 0 bridgehead atoms. The quantitative estimate of drug-likeness (QED) is 0.624. The van der Waals surface area contributed by atoms with E-state index in [1.807, 2.05) is 31.2 Å². The normalized spacial score (nSPS) is 10.7. The van der Waals surface area contributed by atoms with Gasteiger partial charge in [-0.2, -0.15) is 0 Å². The molecule has 128 valence electrons. The number of nitrogens with zero attached hydrogens (tertiary/aromatic N) is 2. The van der Waals surface area contributed by atoms with Crippen LogP contribution in [0, 0.1) is 11.8 Å². The van der Waals surface area contributed by atoms with Crippen molar-refractivity contribution in [1.29, 1.82) is 0 Å². The third-order valence-electron chi connectivity index (χ3n) is 3.40. The summed E-state index contributed by atoms with van der Waals surface area (Å²) in [6.45, 7) is 1.89. The SMILES string of the molecule is Cc1ccc(-c2nn(CC(=O)Nc3cc(Cl)ccc3Cl)c(=S)o2)cc1. The second kappa shape index (κ2) is 7.39. The number of amides is 1. The van der Waals surface area contributed by atoms with E-state index >= 15 is 0 Å². The van der Waals surface area contributed by atoms with Gasteiger partial charge in [-0.25, -0.2) is 4.68 Å². The molecule has 5 nitrogen and oxygen atoms in total. The fourth-order valence-electron chi connectivity index (χ4n) is 2.14. The third kappa shape index (κ3) is 4.28. The number of aryl methyl sites for hydroxylation is 1. The lowest BCUT2D eigenvalue weighted by Crippen LogP contribution is -2.19. The van der Waals surface area contributed by atoms with Crippen molar-refractivity contribution >= 4 is 47.0 Å². The van der Waals surface area contributed by atoms with E-state index in [0.29, 0.717) is 21.6 Å². The summed E-state index contributed by atoms with van der Waals surface area (Å²) in [6.07, 6.45) is 0. The Morgan fingerprint density at radius 1 is 1.24 bits per heavy atom. The first-order valence-corrected chi connectivity index (χ1v) is 8.49. The highest BCUT2D eigenvalue weighted by molar-refractivity contribution is 7.71. The number of aromatic nitrogens is 2. The number of halogens is 2. The van der Waals surface area contributed by atoms with Gasteiger partial charge in [0.15, 0.2) is 0 Å². The van der Waals surface area contributed by atoms with Crippen molar-refractivity contribution in [2.45, 2.75) is 13.5 Å². The largest absolute Gasteiger partial charge is 0.409 e. The van der Waals surface area contributed by atoms with E-state index in [2.05, 4.69) is 10.4 Å². The number of anilines is 1. The zero-order valence-electron chi connectivity index (χ0n) is 13.1. The first kappa shape index (κ1) is 17.7. The molecule has 3 aromatic rings. The number of carbonyl (C=O) groups is 1. The van der Waals surface area contributed by atoms with Crippen LogP contribution >= 0.6 is 35.4 Å². The zero-order valence-corrected chi connectivity index (χ0v) is 15.5. The van der Waals surface area contributed by atoms with Crippen molar-refractivity contribution in [3.05, 3.63) is 62.9 Å². The number of rotatable bonds is 4. The van der Waals surface area contributed by atoms with E-state index in [9.17, 15) is 4.79 Å². The number of carbonyl (C=O) groups excluding carboxylic acids is 1. The summed E-state index contributed by atoms with van der Waals surface area (Å²) in [5.41, 5.74) is 2.33. The maximum atomic E-state index is 12.2. The van der Waals surface area contributed by atoms with Gasteiger partial charge in [-0.05, 0) is 49.5 Å². The standard InChI is InChI=1S/C17H13Cl2N3O2S/c1-10-2-4-11(5-3-10)16-21-22(17(25)24-16)9-15(23)20-14-8-12(18)6-7-13(14)19/h2-8H,9H2,1H3,(H,20,23). The van der Waals surface area contributed by atoms with Crippen molar-refractivity contribution in [3.8, 4) is 11.5 Å². The highest BCUT2D eigenvalue weighted by atomic mass is 35.5. The maximum absolute atomic E-state index is 12.2. The van der Waals surface area contributed by atoms with Crippen molar-refractivity contribution in [3.63, 3.8) is 0 Å². The minimum absolute atomic E-state index is 0.100. The third-order valence-corrected chi connectivity index (χ3v) is 4.26. The van der Waals surface area contributed by atoms with Gasteiger partial charge in [-0.3, -0.25) is 4.79 Å². The van der Waals surface area contributed by atoms with Gasteiger partial charge < -0.3 is 9.73 Å². The Hall–Kier alpha value is -2.15. The Bertz CT molecular complexity index is 980. The van der Waals surface area contributed by atoms with Gasteiger partial charge in [0.05, 0.1) is 10.7 Å². The first-order chi connectivity index (χ1) is 11.9. The first-order valence-electron chi connectivity index (χ1n) is 7.32. The highest BCUT2D eigenvalue weighted by Gasteiger charge is 2.12. The predicted molar refractivity (Wildman–Crippen MR) is 101 cm³/mol. The molecule has 2 aromatic carbocycles. The molecule has 1 N–H and O–H groups in total. The molecule has 1 heterocycles. The predicted octanol–water partition coefficient (Wildman–Crippen LogP) is 5.13. The lowest BCUT2D eigenvalue weighted by atomic mass is 10.1. The summed E-state index contributed by atoms with van der Waals surface area (Å²) < 4.78 is 6.79. The topological polar surface area (TPSA) is 60.1 Å². The molecule has 0 radical (unpaired) electrons. The van der Waals surface area contributed by atoms with Crippen molar-refractivity contribution in [2.75, 3.05) is 5.32 Å². The minimum atomic E-state index is -0.343. The average molecular weight is 394 g/mol. The van der Waals surface area contributed by atoms with Crippen LogP contribution in [0.25, 0.3) is 11.5 Å². The van der Waals surface area contributed by atoms with Crippen LogP contribution in [0.3, 0.4) is 0 Å². The average Bonchev–Trinajstić information content (AvgIpc) is 2.92. The van der Waals surface area contributed by atoms with E-state index in [1.165, 1.54) is 4.68 Å². The van der Waals surface area contributed by atoms with Crippen LogP contribution in [0.15, 0.2) is 46.9 Å². The molecule has 8 heteroatoms. The van der Waals surface area contributed by atoms with Gasteiger partial charge in [0.2, 0.25) is 11.8 Å². The number of benzene rings is 2. The summed E-state index contributed by atoms with van der Waals surface area (Å²) in [5.74, 6) is 0.0163. The minimum Gasteiger partial charge on any atom is -0.409 e. The Balaban J connectivity index is 1.77. The summed E-state index contributed by atoms with van der Waals surface area (Å²) in [7, 11) is 0. The molecule has 3 rings (SSSR count). The number of hydrogen-bond donors (Lipinski definition) is 1. The summed E-state index contributed by atoms with van der Waals surface area (Å²) in [6, 6.07) is 12.5. The van der Waals surface area contributed by atoms with Crippen molar-refractivity contribution in [2.24, 2.45) is 0 Å². The zero-order chi connectivity index (χ0) is 18.0. The van der Waals surface area contributed by atoms with Crippen LogP contribution in [0.5, 0.6) is 0 Å². The second-order valence-electron chi connectivity index (χ2n) is 5.37. The second-order valence-corrected chi connectivity index (χ2v) is 6.56. The van der Waals surface area contributed by atoms with Gasteiger partial charge in [0, 0.05) is 10.6 Å². The van der Waals surface area contributed by atoms with Crippen LogP contribution in [-0.2, 0) is 11.3 Å². The van der Waals surface area contributed by atoms with E-state index in [1.54, 1.807) is 18.2 Å². The van der Waals surface area contributed by atoms with Gasteiger partial charge in [0.1, 0.15) is 6.54 Å². The highest BCUT2D eigenvalue weighted by Crippen LogP contribution is 2.25. The van der Waals surface area contributed by atoms with Gasteiger partial charge >= 0.3 is 0 Å². The van der Waals surface area contributed by atoms with Crippen LogP contribution in [0.2, 0.25) is 10.0 Å². The molecule has 0 aliphatic heterocycles. The molecular formula is C17H13Cl2N3O2S. The monoisotopic (exact) mass is 393 g/mol. The molecule has 0 saturated carbocycles. The Kier molecular flexibility index (Phi) is 5.22. The number of hydrogen-bond acceptors (Lipinski definition) is 4. The fraction of sp³-hybridized carbons (Fsp3) is 0.118. The number of nitrogens with one attached hydrogen (secondary N) is 1. The van der Waals surface area contributed by atoms with Crippen molar-refractivity contribution in [1.82, 2.24) is 9.78 Å². The van der Waals surface area contributed by atoms with Gasteiger partial charge in [-0.1, -0.05) is 40.9 Å². The fourth-order valence-corrected chi connectivity index (χ4v) is 2.66. The van der Waals surface area contributed by atoms with Crippen LogP contribution in [0.1, 0.15) is 5.56 Å². The molecule has 0 unspecified atom stereocenters. The molecule has 0 aliphatic rings. The molecular weight excluding hydrogens is 381 g/mol. The van der Waals surface area contributed by atoms with E-state index in [4.69, 9.17) is 39.8 Å². The molecule has 25 heavy (non-hydrogen) atoms. The molecule has 1 amide bonds. The molecule has 0 aliphatic carbocycles. The molecule has 0 spiro atoms. The Morgan fingerprint density at radius 3 is 2.68 bits per heavy atom. The van der Waals surface area contributed by atoms with E-state index in [0.717, 1.165) is 11.1 Å². The van der Waals surface area contributed by atoms with Crippen LogP contribution in [-0.4, -0.2) is 15.7 Å². The van der Waals surface area contributed by atoms with Crippen LogP contribution in [0.4, 0.5) is 5.69 Å². The molecule has 1 aromatic heterocycles. The van der Waals surface area contributed by atoms with Crippen LogP contribution < -0.4 is 5.32 Å². The molecule has 0 saturated heterocycles. The van der Waals surface area contributed by atoms with Crippen molar-refractivity contribution < 1.29 is 9.21 Å². The van der Waals surface area contributed by atoms with E-state index in [-0.39, 0.29) is 17.3 Å². The molecule has 0 atom stereocenters. The lowest BCUT2D eigenvalue weighted by Gasteiger charge is -2.07. The van der Waals surface area contributed by atoms with Gasteiger partial charge in [0.25, 0.3) is 4.84 Å². The maximum Gasteiger partial charge on any atom is 0.287 e. The summed E-state index contributed by atoms with van der Waals surface area (Å²) in [4.78, 5) is 12.3. The Morgan fingerprint density at radius 2 is 1.96 bits per heavy atom. The lowest BCUT2D eigenvalue weighted by molar-refractivity contribution is -0.117. The summed E-state index contributed by atoms with van der Waals surface area (Å²) >= 11 is 17.1. The Labute approximate surface area is 159 Å².